The van der Waals surface area contributed by atoms with Gasteiger partial charge in [-0.15, -0.1) is 0 Å². The number of hydrogen-bond donors (Lipinski definition) is 1. The van der Waals surface area contributed by atoms with E-state index in [0.29, 0.717) is 27.8 Å². The molecule has 0 spiro atoms. The minimum atomic E-state index is -0.217. The zero-order valence-corrected chi connectivity index (χ0v) is 13.7. The summed E-state index contributed by atoms with van der Waals surface area (Å²) in [5.41, 5.74) is 3.29. The highest BCUT2D eigenvalue weighted by Crippen LogP contribution is 2.36. The van der Waals surface area contributed by atoms with Crippen molar-refractivity contribution in [3.05, 3.63) is 52.0 Å². The molecule has 1 amide bonds. The molecule has 0 bridgehead atoms. The molecule has 5 heteroatoms. The van der Waals surface area contributed by atoms with Crippen LogP contribution in [0.15, 0.2) is 30.3 Å². The first kappa shape index (κ1) is 16.2. The summed E-state index contributed by atoms with van der Waals surface area (Å²) in [6.07, 6.45) is 0. The molecule has 0 saturated carbocycles. The van der Waals surface area contributed by atoms with Gasteiger partial charge in [-0.2, -0.15) is 0 Å². The fourth-order valence-electron chi connectivity index (χ4n) is 2.04. The number of carbonyl (C=O) groups is 1. The lowest BCUT2D eigenvalue weighted by atomic mass is 10.1. The molecule has 0 aliphatic rings. The fourth-order valence-corrected chi connectivity index (χ4v) is 2.27. The van der Waals surface area contributed by atoms with Gasteiger partial charge >= 0.3 is 0 Å². The average molecular weight is 320 g/mol. The van der Waals surface area contributed by atoms with E-state index in [4.69, 9.17) is 21.1 Å². The molecule has 116 valence electrons. The Bertz CT molecular complexity index is 713. The third-order valence-corrected chi connectivity index (χ3v) is 3.79. The van der Waals surface area contributed by atoms with E-state index >= 15 is 0 Å². The standard InChI is InChI=1S/C17H18ClNO3/c1-10-5-6-12(7-11(10)2)17(20)19-14-9-15(21-3)13(18)8-16(14)22-4/h5-9H,1-4H3,(H,19,20). The van der Waals surface area contributed by atoms with Gasteiger partial charge in [0.1, 0.15) is 11.5 Å². The molecule has 0 unspecified atom stereocenters. The highest BCUT2D eigenvalue weighted by atomic mass is 35.5. The van der Waals surface area contributed by atoms with Gasteiger partial charge in [-0.05, 0) is 37.1 Å². The van der Waals surface area contributed by atoms with Crippen LogP contribution in [0.25, 0.3) is 0 Å². The third-order valence-electron chi connectivity index (χ3n) is 3.49. The molecule has 0 aromatic heterocycles. The van der Waals surface area contributed by atoms with Crippen LogP contribution in [0.2, 0.25) is 5.02 Å². The number of nitrogens with one attached hydrogen (secondary N) is 1. The Kier molecular flexibility index (Phi) is 4.93. The Morgan fingerprint density at radius 1 is 1.00 bits per heavy atom. The molecule has 4 nitrogen and oxygen atoms in total. The number of benzene rings is 2. The molecule has 2 rings (SSSR count). The first-order valence-corrected chi connectivity index (χ1v) is 7.14. The summed E-state index contributed by atoms with van der Waals surface area (Å²) in [5, 5.41) is 3.24. The maximum atomic E-state index is 12.4. The largest absolute Gasteiger partial charge is 0.495 e. The second-order valence-electron chi connectivity index (χ2n) is 4.94. The van der Waals surface area contributed by atoms with Gasteiger partial charge in [-0.3, -0.25) is 4.79 Å². The van der Waals surface area contributed by atoms with Gasteiger partial charge < -0.3 is 14.8 Å². The highest BCUT2D eigenvalue weighted by molar-refractivity contribution is 6.32. The zero-order chi connectivity index (χ0) is 16.3. The topological polar surface area (TPSA) is 47.6 Å². The third kappa shape index (κ3) is 3.34. The van der Waals surface area contributed by atoms with Crippen LogP contribution in [0.4, 0.5) is 5.69 Å². The maximum Gasteiger partial charge on any atom is 0.255 e. The molecule has 0 fully saturated rings. The van der Waals surface area contributed by atoms with Crippen LogP contribution in [0.5, 0.6) is 11.5 Å². The summed E-state index contributed by atoms with van der Waals surface area (Å²) in [6, 6.07) is 8.81. The normalized spacial score (nSPS) is 10.2. The Morgan fingerprint density at radius 3 is 2.27 bits per heavy atom. The van der Waals surface area contributed by atoms with Crippen LogP contribution < -0.4 is 14.8 Å². The van der Waals surface area contributed by atoms with Gasteiger partial charge in [0, 0.05) is 17.7 Å². The molecular formula is C17H18ClNO3. The monoisotopic (exact) mass is 319 g/mol. The minimum Gasteiger partial charge on any atom is -0.495 e. The van der Waals surface area contributed by atoms with Gasteiger partial charge in [0.15, 0.2) is 0 Å². The average Bonchev–Trinajstić information content (AvgIpc) is 2.51. The molecule has 2 aromatic carbocycles. The Morgan fingerprint density at radius 2 is 1.68 bits per heavy atom. The lowest BCUT2D eigenvalue weighted by Gasteiger charge is -2.13. The van der Waals surface area contributed by atoms with Gasteiger partial charge in [0.05, 0.1) is 24.9 Å². The fraction of sp³-hybridized carbons (Fsp3) is 0.235. The molecule has 0 heterocycles. The van der Waals surface area contributed by atoms with Gasteiger partial charge in [-0.1, -0.05) is 17.7 Å². The van der Waals surface area contributed by atoms with Crippen molar-refractivity contribution in [3.8, 4) is 11.5 Å². The molecule has 1 N–H and O–H groups in total. The SMILES string of the molecule is COc1cc(NC(=O)c2ccc(C)c(C)c2)c(OC)cc1Cl. The second kappa shape index (κ2) is 6.71. The van der Waals surface area contributed by atoms with Crippen LogP contribution in [-0.4, -0.2) is 20.1 Å². The molecular weight excluding hydrogens is 302 g/mol. The summed E-state index contributed by atoms with van der Waals surface area (Å²) in [6.45, 7) is 3.97. The smallest absolute Gasteiger partial charge is 0.255 e. The summed E-state index contributed by atoms with van der Waals surface area (Å²) in [5.74, 6) is 0.728. The second-order valence-corrected chi connectivity index (χ2v) is 5.35. The minimum absolute atomic E-state index is 0.217. The number of carbonyl (C=O) groups excluding carboxylic acids is 1. The van der Waals surface area contributed by atoms with Gasteiger partial charge in [0.2, 0.25) is 0 Å². The molecule has 2 aromatic rings. The summed E-state index contributed by atoms with van der Waals surface area (Å²) >= 11 is 6.05. The van der Waals surface area contributed by atoms with Gasteiger partial charge in [0.25, 0.3) is 5.91 Å². The van der Waals surface area contributed by atoms with Crippen LogP contribution in [0.3, 0.4) is 0 Å². The predicted octanol–water partition coefficient (Wildman–Crippen LogP) is 4.23. The predicted molar refractivity (Wildman–Crippen MR) is 88.4 cm³/mol. The molecule has 0 radical (unpaired) electrons. The van der Waals surface area contributed by atoms with E-state index < -0.39 is 0 Å². The van der Waals surface area contributed by atoms with Crippen molar-refractivity contribution in [2.45, 2.75) is 13.8 Å². The van der Waals surface area contributed by atoms with E-state index in [-0.39, 0.29) is 5.91 Å². The van der Waals surface area contributed by atoms with Gasteiger partial charge in [-0.25, -0.2) is 0 Å². The van der Waals surface area contributed by atoms with E-state index in [1.54, 1.807) is 18.2 Å². The number of rotatable bonds is 4. The van der Waals surface area contributed by atoms with E-state index in [1.807, 2.05) is 26.0 Å². The molecule has 0 atom stereocenters. The van der Waals surface area contributed by atoms with Crippen LogP contribution >= 0.6 is 11.6 Å². The van der Waals surface area contributed by atoms with Crippen LogP contribution in [-0.2, 0) is 0 Å². The van der Waals surface area contributed by atoms with Crippen molar-refractivity contribution >= 4 is 23.2 Å². The molecule has 22 heavy (non-hydrogen) atoms. The summed E-state index contributed by atoms with van der Waals surface area (Å²) in [4.78, 5) is 12.4. The number of hydrogen-bond acceptors (Lipinski definition) is 3. The van der Waals surface area contributed by atoms with Crippen molar-refractivity contribution < 1.29 is 14.3 Å². The van der Waals surface area contributed by atoms with E-state index in [2.05, 4.69) is 5.32 Å². The Balaban J connectivity index is 2.32. The van der Waals surface area contributed by atoms with Crippen LogP contribution in [0.1, 0.15) is 21.5 Å². The lowest BCUT2D eigenvalue weighted by molar-refractivity contribution is 0.102. The number of aryl methyl sites for hydroxylation is 2. The van der Waals surface area contributed by atoms with Crippen molar-refractivity contribution in [1.82, 2.24) is 0 Å². The highest BCUT2D eigenvalue weighted by Gasteiger charge is 2.14. The van der Waals surface area contributed by atoms with Crippen molar-refractivity contribution in [2.75, 3.05) is 19.5 Å². The lowest BCUT2D eigenvalue weighted by Crippen LogP contribution is -2.13. The van der Waals surface area contributed by atoms with E-state index in [1.165, 1.54) is 14.2 Å². The Labute approximate surface area is 135 Å². The number of methoxy groups -OCH3 is 2. The zero-order valence-electron chi connectivity index (χ0n) is 13.0. The molecule has 0 aliphatic carbocycles. The van der Waals surface area contributed by atoms with Crippen molar-refractivity contribution in [2.24, 2.45) is 0 Å². The van der Waals surface area contributed by atoms with Crippen LogP contribution in [0, 0.1) is 13.8 Å². The number of anilines is 1. The first-order chi connectivity index (χ1) is 10.5. The van der Waals surface area contributed by atoms with Crippen molar-refractivity contribution in [3.63, 3.8) is 0 Å². The number of halogens is 1. The maximum absolute atomic E-state index is 12.4. The van der Waals surface area contributed by atoms with E-state index in [0.717, 1.165) is 11.1 Å². The first-order valence-electron chi connectivity index (χ1n) is 6.76. The molecule has 0 aliphatic heterocycles. The Hall–Kier alpha value is -2.20. The van der Waals surface area contributed by atoms with Crippen molar-refractivity contribution in [1.29, 1.82) is 0 Å². The molecule has 0 saturated heterocycles. The summed E-state index contributed by atoms with van der Waals surface area (Å²) < 4.78 is 10.4. The summed E-state index contributed by atoms with van der Waals surface area (Å²) in [7, 11) is 3.03. The quantitative estimate of drug-likeness (QED) is 0.917. The number of ether oxygens (including phenoxy) is 2. The van der Waals surface area contributed by atoms with E-state index in [9.17, 15) is 4.79 Å². The number of amides is 1.